The summed E-state index contributed by atoms with van der Waals surface area (Å²) < 4.78 is 12.3. The highest BCUT2D eigenvalue weighted by atomic mass is 16.5. The van der Waals surface area contributed by atoms with Crippen molar-refractivity contribution in [2.75, 3.05) is 31.2 Å². The Morgan fingerprint density at radius 1 is 1.18 bits per heavy atom. The maximum atomic E-state index is 6.21. The van der Waals surface area contributed by atoms with Crippen LogP contribution in [0.4, 0.5) is 5.95 Å². The van der Waals surface area contributed by atoms with Crippen LogP contribution in [0.5, 0.6) is 0 Å². The lowest BCUT2D eigenvalue weighted by atomic mass is 9.85. The van der Waals surface area contributed by atoms with Gasteiger partial charge in [-0.1, -0.05) is 12.8 Å². The van der Waals surface area contributed by atoms with E-state index in [-0.39, 0.29) is 5.60 Å². The Bertz CT molecular complexity index is 484. The van der Waals surface area contributed by atoms with E-state index in [0.717, 1.165) is 51.0 Å². The molecule has 0 amide bonds. The van der Waals surface area contributed by atoms with Gasteiger partial charge in [-0.05, 0) is 31.2 Å². The van der Waals surface area contributed by atoms with Crippen LogP contribution in [0.1, 0.15) is 38.5 Å². The van der Waals surface area contributed by atoms with E-state index in [1.54, 1.807) is 12.4 Å². The summed E-state index contributed by atoms with van der Waals surface area (Å²) in [6, 6.07) is 1.85. The molecular weight excluding hydrogens is 278 g/mol. The number of aromatic nitrogens is 2. The second kappa shape index (κ2) is 6.13. The van der Waals surface area contributed by atoms with Crippen molar-refractivity contribution in [2.24, 2.45) is 5.92 Å². The minimum Gasteiger partial charge on any atom is -0.378 e. The highest BCUT2D eigenvalue weighted by Crippen LogP contribution is 2.37. The fraction of sp³-hybridized carbons (Fsp3) is 0.765. The van der Waals surface area contributed by atoms with E-state index < -0.39 is 0 Å². The number of ether oxygens (including phenoxy) is 2. The third-order valence-corrected chi connectivity index (χ3v) is 5.28. The van der Waals surface area contributed by atoms with Gasteiger partial charge < -0.3 is 14.4 Å². The number of hydrogen-bond acceptors (Lipinski definition) is 5. The highest BCUT2D eigenvalue weighted by molar-refractivity contribution is 5.37. The van der Waals surface area contributed by atoms with Crippen LogP contribution in [0.15, 0.2) is 18.5 Å². The molecule has 3 fully saturated rings. The average molecular weight is 303 g/mol. The van der Waals surface area contributed by atoms with Crippen LogP contribution >= 0.6 is 0 Å². The molecule has 2 saturated heterocycles. The van der Waals surface area contributed by atoms with Crippen molar-refractivity contribution in [2.45, 2.75) is 50.2 Å². The van der Waals surface area contributed by atoms with Crippen molar-refractivity contribution in [1.82, 2.24) is 9.97 Å². The maximum Gasteiger partial charge on any atom is 0.225 e. The zero-order valence-corrected chi connectivity index (χ0v) is 13.1. The lowest BCUT2D eigenvalue weighted by molar-refractivity contribution is -0.148. The summed E-state index contributed by atoms with van der Waals surface area (Å²) in [4.78, 5) is 10.8. The first-order chi connectivity index (χ1) is 10.8. The van der Waals surface area contributed by atoms with Crippen molar-refractivity contribution in [1.29, 1.82) is 0 Å². The Labute approximate surface area is 132 Å². The molecule has 5 nitrogen and oxygen atoms in total. The molecule has 0 aromatic carbocycles. The molecule has 4 rings (SSSR count). The lowest BCUT2D eigenvalue weighted by Gasteiger charge is -2.53. The molecule has 1 aromatic rings. The molecule has 0 radical (unpaired) electrons. The van der Waals surface area contributed by atoms with Crippen molar-refractivity contribution >= 4 is 5.95 Å². The van der Waals surface area contributed by atoms with Gasteiger partial charge in [-0.3, -0.25) is 0 Å². The molecule has 1 aromatic heterocycles. The largest absolute Gasteiger partial charge is 0.378 e. The topological polar surface area (TPSA) is 47.5 Å². The van der Waals surface area contributed by atoms with Gasteiger partial charge in [0.1, 0.15) is 5.60 Å². The summed E-state index contributed by atoms with van der Waals surface area (Å²) >= 11 is 0. The number of hydrogen-bond donors (Lipinski definition) is 0. The van der Waals surface area contributed by atoms with Gasteiger partial charge in [0.15, 0.2) is 0 Å². The molecule has 22 heavy (non-hydrogen) atoms. The summed E-state index contributed by atoms with van der Waals surface area (Å²) in [6.45, 7) is 3.55. The Morgan fingerprint density at radius 3 is 2.73 bits per heavy atom. The van der Waals surface area contributed by atoms with Gasteiger partial charge in [0, 0.05) is 32.0 Å². The molecule has 2 aliphatic heterocycles. The fourth-order valence-corrected chi connectivity index (χ4v) is 4.04. The SMILES string of the molecule is c1cnc(N2CC3(C[C@H](OCC4CCCC4)CCO3)C2)nc1. The standard InChI is InChI=1S/C17H25N3O2/c1-2-5-14(4-1)11-21-15-6-9-22-17(10-15)12-20(13-17)16-18-7-3-8-19-16/h3,7-8,14-15H,1-2,4-6,9-13H2/t15-/m1/s1. The van der Waals surface area contributed by atoms with Crippen LogP contribution in [0.2, 0.25) is 0 Å². The average Bonchev–Trinajstić information content (AvgIpc) is 3.05. The molecule has 1 aliphatic carbocycles. The first kappa shape index (κ1) is 14.4. The molecule has 120 valence electrons. The molecule has 3 heterocycles. The minimum absolute atomic E-state index is 0.0300. The maximum absolute atomic E-state index is 6.21. The van der Waals surface area contributed by atoms with Gasteiger partial charge >= 0.3 is 0 Å². The van der Waals surface area contributed by atoms with E-state index in [9.17, 15) is 0 Å². The third-order valence-electron chi connectivity index (χ3n) is 5.28. The minimum atomic E-state index is -0.0300. The number of anilines is 1. The second-order valence-corrected chi connectivity index (χ2v) is 7.03. The van der Waals surface area contributed by atoms with Gasteiger partial charge in [0.2, 0.25) is 5.95 Å². The first-order valence-corrected chi connectivity index (χ1v) is 8.61. The van der Waals surface area contributed by atoms with Crippen molar-refractivity contribution in [3.63, 3.8) is 0 Å². The molecule has 3 aliphatic rings. The van der Waals surface area contributed by atoms with Gasteiger partial charge in [-0.15, -0.1) is 0 Å². The smallest absolute Gasteiger partial charge is 0.225 e. The molecular formula is C17H25N3O2. The summed E-state index contributed by atoms with van der Waals surface area (Å²) in [5, 5.41) is 0. The summed E-state index contributed by atoms with van der Waals surface area (Å²) in [7, 11) is 0. The number of rotatable bonds is 4. The van der Waals surface area contributed by atoms with Gasteiger partial charge in [0.05, 0.1) is 19.2 Å². The molecule has 1 atom stereocenters. The second-order valence-electron chi connectivity index (χ2n) is 7.03. The highest BCUT2D eigenvalue weighted by Gasteiger charge is 2.48. The zero-order chi connectivity index (χ0) is 14.8. The van der Waals surface area contributed by atoms with Crippen LogP contribution in [0.3, 0.4) is 0 Å². The molecule has 0 N–H and O–H groups in total. The van der Waals surface area contributed by atoms with Crippen molar-refractivity contribution in [3.8, 4) is 0 Å². The fourth-order valence-electron chi connectivity index (χ4n) is 4.04. The normalized spacial score (nSPS) is 28.0. The first-order valence-electron chi connectivity index (χ1n) is 8.61. The van der Waals surface area contributed by atoms with Crippen molar-refractivity contribution in [3.05, 3.63) is 18.5 Å². The Kier molecular flexibility index (Phi) is 4.01. The predicted octanol–water partition coefficient (Wildman–Crippen LogP) is 2.42. The van der Waals surface area contributed by atoms with E-state index in [2.05, 4.69) is 14.9 Å². The summed E-state index contributed by atoms with van der Waals surface area (Å²) in [5.74, 6) is 1.61. The van der Waals surface area contributed by atoms with E-state index in [4.69, 9.17) is 9.47 Å². The van der Waals surface area contributed by atoms with Gasteiger partial charge in [0.25, 0.3) is 0 Å². The van der Waals surface area contributed by atoms with Crippen molar-refractivity contribution < 1.29 is 9.47 Å². The van der Waals surface area contributed by atoms with E-state index in [1.807, 2.05) is 6.07 Å². The van der Waals surface area contributed by atoms with Crippen LogP contribution in [-0.2, 0) is 9.47 Å². The Balaban J connectivity index is 1.28. The quantitative estimate of drug-likeness (QED) is 0.855. The lowest BCUT2D eigenvalue weighted by Crippen LogP contribution is -2.66. The molecule has 1 saturated carbocycles. The van der Waals surface area contributed by atoms with Crippen LogP contribution in [-0.4, -0.2) is 48.0 Å². The number of nitrogens with zero attached hydrogens (tertiary/aromatic N) is 3. The third kappa shape index (κ3) is 2.97. The molecule has 0 bridgehead atoms. The Hall–Kier alpha value is -1.20. The summed E-state index contributed by atoms with van der Waals surface area (Å²) in [6.07, 6.45) is 11.5. The Morgan fingerprint density at radius 2 is 1.95 bits per heavy atom. The van der Waals surface area contributed by atoms with E-state index in [1.165, 1.54) is 25.7 Å². The molecule has 0 unspecified atom stereocenters. The van der Waals surface area contributed by atoms with Gasteiger partial charge in [-0.25, -0.2) is 9.97 Å². The van der Waals surface area contributed by atoms with Crippen LogP contribution in [0, 0.1) is 5.92 Å². The summed E-state index contributed by atoms with van der Waals surface area (Å²) in [5.41, 5.74) is -0.0300. The molecule has 5 heteroatoms. The zero-order valence-electron chi connectivity index (χ0n) is 13.1. The van der Waals surface area contributed by atoms with E-state index in [0.29, 0.717) is 6.10 Å². The predicted molar refractivity (Wildman–Crippen MR) is 83.9 cm³/mol. The van der Waals surface area contributed by atoms with E-state index >= 15 is 0 Å². The van der Waals surface area contributed by atoms with Crippen LogP contribution < -0.4 is 4.90 Å². The molecule has 1 spiro atoms. The monoisotopic (exact) mass is 303 g/mol. The van der Waals surface area contributed by atoms with Gasteiger partial charge in [-0.2, -0.15) is 0 Å². The van der Waals surface area contributed by atoms with Crippen LogP contribution in [0.25, 0.3) is 0 Å².